The fourth-order valence-electron chi connectivity index (χ4n) is 1.62. The normalized spacial score (nSPS) is 10.6. The molecule has 0 rings (SSSR count). The van der Waals surface area contributed by atoms with Gasteiger partial charge >= 0.3 is 0 Å². The number of likely N-dealkylation sites (N-methyl/N-ethyl adjacent to an activating group) is 1. The summed E-state index contributed by atoms with van der Waals surface area (Å²) < 4.78 is 16.1. The molecule has 24 heavy (non-hydrogen) atoms. The maximum atomic E-state index is 11.1. The first-order valence-corrected chi connectivity index (χ1v) is 8.71. The van der Waals surface area contributed by atoms with Crippen LogP contribution in [0.5, 0.6) is 0 Å². The maximum Gasteiger partial charge on any atom is 0.234 e. The minimum absolute atomic E-state index is 0.0118. The van der Waals surface area contributed by atoms with Crippen LogP contribution in [0.1, 0.15) is 12.8 Å². The molecule has 0 aliphatic rings. The highest BCUT2D eigenvalue weighted by Crippen LogP contribution is 1.86. The van der Waals surface area contributed by atoms with Gasteiger partial charge in [-0.3, -0.25) is 9.59 Å². The number of carbonyl (C=O) groups excluding carboxylic acids is 2. The summed E-state index contributed by atoms with van der Waals surface area (Å²) in [6.45, 7) is 4.74. The Morgan fingerprint density at radius 3 is 1.71 bits per heavy atom. The average Bonchev–Trinajstić information content (AvgIpc) is 2.58. The zero-order valence-electron chi connectivity index (χ0n) is 14.4. The lowest BCUT2D eigenvalue weighted by Gasteiger charge is -2.08. The zero-order chi connectivity index (χ0) is 17.9. The van der Waals surface area contributed by atoms with Crippen molar-refractivity contribution >= 4 is 23.4 Å². The Labute approximate surface area is 148 Å². The summed E-state index contributed by atoms with van der Waals surface area (Å²) >= 11 is 5.35. The van der Waals surface area contributed by atoms with Crippen LogP contribution in [-0.2, 0) is 23.8 Å². The fraction of sp³-hybridized carbons (Fsp3) is 0.867. The monoisotopic (exact) mass is 367 g/mol. The molecule has 0 spiro atoms. The van der Waals surface area contributed by atoms with Crippen LogP contribution in [0, 0.1) is 0 Å². The number of alkyl halides is 1. The highest BCUT2D eigenvalue weighted by molar-refractivity contribution is 6.27. The van der Waals surface area contributed by atoms with Gasteiger partial charge in [0.1, 0.15) is 5.88 Å². The number of amides is 2. The Kier molecular flexibility index (Phi) is 17.7. The Morgan fingerprint density at radius 2 is 1.25 bits per heavy atom. The first-order valence-electron chi connectivity index (χ1n) is 8.18. The molecule has 0 unspecified atom stereocenters. The third kappa shape index (κ3) is 17.4. The summed E-state index contributed by atoms with van der Waals surface area (Å²) in [4.78, 5) is 22.0. The summed E-state index contributed by atoms with van der Waals surface area (Å²) in [6, 6.07) is 0. The molecule has 0 bridgehead atoms. The van der Waals surface area contributed by atoms with Crippen molar-refractivity contribution in [3.63, 3.8) is 0 Å². The van der Waals surface area contributed by atoms with E-state index in [0.29, 0.717) is 59.3 Å². The van der Waals surface area contributed by atoms with Crippen molar-refractivity contribution in [2.24, 2.45) is 0 Å². The van der Waals surface area contributed by atoms with Gasteiger partial charge in [-0.05, 0) is 19.9 Å². The molecular weight excluding hydrogens is 338 g/mol. The van der Waals surface area contributed by atoms with Crippen LogP contribution >= 0.6 is 11.6 Å². The number of carbonyl (C=O) groups is 2. The Bertz CT molecular complexity index is 321. The highest BCUT2D eigenvalue weighted by atomic mass is 35.5. The molecule has 0 heterocycles. The van der Waals surface area contributed by atoms with Crippen LogP contribution in [0.15, 0.2) is 0 Å². The van der Waals surface area contributed by atoms with Crippen LogP contribution in [0.2, 0.25) is 0 Å². The molecule has 8 nitrogen and oxygen atoms in total. The lowest BCUT2D eigenvalue weighted by molar-refractivity contribution is -0.120. The molecule has 0 aliphatic heterocycles. The second-order valence-electron chi connectivity index (χ2n) is 4.91. The number of ether oxygens (including phenoxy) is 3. The quantitative estimate of drug-likeness (QED) is 0.237. The van der Waals surface area contributed by atoms with Gasteiger partial charge in [0.25, 0.3) is 0 Å². The summed E-state index contributed by atoms with van der Waals surface area (Å²) in [5.74, 6) is -0.190. The largest absolute Gasteiger partial charge is 0.379 e. The first kappa shape index (κ1) is 23.1. The van der Waals surface area contributed by atoms with Gasteiger partial charge in [0, 0.05) is 26.3 Å². The van der Waals surface area contributed by atoms with Gasteiger partial charge in [-0.2, -0.15) is 0 Å². The predicted octanol–water partition coefficient (Wildman–Crippen LogP) is -0.493. The van der Waals surface area contributed by atoms with E-state index in [1.807, 2.05) is 0 Å². The average molecular weight is 368 g/mol. The maximum absolute atomic E-state index is 11.1. The van der Waals surface area contributed by atoms with E-state index in [4.69, 9.17) is 25.8 Å². The van der Waals surface area contributed by atoms with E-state index in [-0.39, 0.29) is 17.7 Å². The first-order chi connectivity index (χ1) is 11.7. The van der Waals surface area contributed by atoms with E-state index in [1.54, 1.807) is 7.05 Å². The number of hydrogen-bond donors (Lipinski definition) is 3. The standard InChI is InChI=1S/C15H30ClN3O5/c1-17-13-15(21)19-5-3-7-23-9-11-24-10-8-22-6-2-4-18-14(20)12-16/h17H,2-13H2,1H3,(H,18,20)(H,19,21). The van der Waals surface area contributed by atoms with Crippen molar-refractivity contribution < 1.29 is 23.8 Å². The third-order valence-corrected chi connectivity index (χ3v) is 3.02. The van der Waals surface area contributed by atoms with E-state index in [2.05, 4.69) is 16.0 Å². The fourth-order valence-corrected chi connectivity index (χ4v) is 1.71. The predicted molar refractivity (Wildman–Crippen MR) is 92.4 cm³/mol. The summed E-state index contributed by atoms with van der Waals surface area (Å²) in [5, 5.41) is 8.22. The molecule has 142 valence electrons. The highest BCUT2D eigenvalue weighted by Gasteiger charge is 1.98. The molecule has 0 atom stereocenters. The van der Waals surface area contributed by atoms with Gasteiger partial charge in [-0.25, -0.2) is 0 Å². The van der Waals surface area contributed by atoms with Gasteiger partial charge in [0.15, 0.2) is 0 Å². The third-order valence-electron chi connectivity index (χ3n) is 2.78. The smallest absolute Gasteiger partial charge is 0.234 e. The molecule has 0 aromatic heterocycles. The number of hydrogen-bond acceptors (Lipinski definition) is 6. The van der Waals surface area contributed by atoms with Gasteiger partial charge in [0.05, 0.1) is 33.0 Å². The Hall–Kier alpha value is -0.930. The topological polar surface area (TPSA) is 97.9 Å². The van der Waals surface area contributed by atoms with E-state index in [1.165, 1.54) is 0 Å². The summed E-state index contributed by atoms with van der Waals surface area (Å²) in [6.07, 6.45) is 1.52. The summed E-state index contributed by atoms with van der Waals surface area (Å²) in [5.41, 5.74) is 0. The molecule has 0 saturated heterocycles. The molecule has 0 aromatic carbocycles. The van der Waals surface area contributed by atoms with Crippen LogP contribution in [0.3, 0.4) is 0 Å². The van der Waals surface area contributed by atoms with Crippen molar-refractivity contribution in [1.82, 2.24) is 16.0 Å². The molecule has 2 amide bonds. The minimum Gasteiger partial charge on any atom is -0.379 e. The van der Waals surface area contributed by atoms with Crippen molar-refractivity contribution in [3.8, 4) is 0 Å². The van der Waals surface area contributed by atoms with Gasteiger partial charge in [-0.15, -0.1) is 11.6 Å². The minimum atomic E-state index is -0.166. The van der Waals surface area contributed by atoms with Crippen molar-refractivity contribution in [3.05, 3.63) is 0 Å². The van der Waals surface area contributed by atoms with Gasteiger partial charge in [0.2, 0.25) is 11.8 Å². The number of rotatable bonds is 17. The van der Waals surface area contributed by atoms with Gasteiger partial charge < -0.3 is 30.2 Å². The van der Waals surface area contributed by atoms with Crippen molar-refractivity contribution in [2.75, 3.05) is 72.2 Å². The second kappa shape index (κ2) is 18.4. The van der Waals surface area contributed by atoms with Crippen molar-refractivity contribution in [2.45, 2.75) is 12.8 Å². The molecule has 3 N–H and O–H groups in total. The van der Waals surface area contributed by atoms with Gasteiger partial charge in [-0.1, -0.05) is 0 Å². The van der Waals surface area contributed by atoms with Crippen LogP contribution in [0.25, 0.3) is 0 Å². The van der Waals surface area contributed by atoms with Crippen LogP contribution in [-0.4, -0.2) is 84.0 Å². The molecule has 0 fully saturated rings. The van der Waals surface area contributed by atoms with E-state index in [9.17, 15) is 9.59 Å². The Balaban J connectivity index is 3.07. The molecular formula is C15H30ClN3O5. The molecule has 0 aliphatic carbocycles. The number of nitrogens with one attached hydrogen (secondary N) is 3. The Morgan fingerprint density at radius 1 is 0.792 bits per heavy atom. The van der Waals surface area contributed by atoms with Crippen LogP contribution in [0.4, 0.5) is 0 Å². The second-order valence-corrected chi connectivity index (χ2v) is 5.18. The summed E-state index contributed by atoms with van der Waals surface area (Å²) in [7, 11) is 1.73. The number of halogens is 1. The SMILES string of the molecule is CNCC(=O)NCCCOCCOCCOCCCNC(=O)CCl. The molecule has 9 heteroatoms. The van der Waals surface area contributed by atoms with E-state index >= 15 is 0 Å². The van der Waals surface area contributed by atoms with Crippen molar-refractivity contribution in [1.29, 1.82) is 0 Å². The lowest BCUT2D eigenvalue weighted by Crippen LogP contribution is -2.33. The van der Waals surface area contributed by atoms with E-state index in [0.717, 1.165) is 12.8 Å². The van der Waals surface area contributed by atoms with Crippen LogP contribution < -0.4 is 16.0 Å². The van der Waals surface area contributed by atoms with E-state index < -0.39 is 0 Å². The molecule has 0 aromatic rings. The lowest BCUT2D eigenvalue weighted by atomic mass is 10.4. The zero-order valence-corrected chi connectivity index (χ0v) is 15.2. The molecule has 0 radical (unpaired) electrons. The molecule has 0 saturated carbocycles.